The second-order valence-corrected chi connectivity index (χ2v) is 8.20. The number of carbonyl (C=O) groups excluding carboxylic acids is 2. The lowest BCUT2D eigenvalue weighted by Gasteiger charge is -2.33. The fraction of sp³-hybridized carbons (Fsp3) is 0.292. The van der Waals surface area contributed by atoms with Crippen LogP contribution in [0.1, 0.15) is 31.0 Å². The molecular weight excluding hydrogens is 428 g/mol. The maximum atomic E-state index is 12.8. The van der Waals surface area contributed by atoms with Crippen molar-refractivity contribution < 1.29 is 23.8 Å². The highest BCUT2D eigenvalue weighted by atomic mass is 32.2. The summed E-state index contributed by atoms with van der Waals surface area (Å²) < 4.78 is 16.8. The van der Waals surface area contributed by atoms with E-state index in [4.69, 9.17) is 14.2 Å². The zero-order valence-corrected chi connectivity index (χ0v) is 19.0. The van der Waals surface area contributed by atoms with Gasteiger partial charge in [-0.1, -0.05) is 48.2 Å². The van der Waals surface area contributed by atoms with Gasteiger partial charge in [0.15, 0.2) is 16.7 Å². The first kappa shape index (κ1) is 22.0. The number of methoxy groups -OCH3 is 1. The number of allylic oxidation sites excluding steroid dienone is 1. The Balaban J connectivity index is 1.70. The van der Waals surface area contributed by atoms with Crippen LogP contribution < -0.4 is 9.47 Å². The number of hydrogen-bond acceptors (Lipinski definition) is 7. The Morgan fingerprint density at radius 2 is 1.97 bits per heavy atom. The van der Waals surface area contributed by atoms with Gasteiger partial charge in [-0.25, -0.2) is 9.79 Å². The molecule has 2 heterocycles. The van der Waals surface area contributed by atoms with Gasteiger partial charge in [-0.05, 0) is 37.1 Å². The number of carbonyl (C=O) groups is 2. The zero-order chi connectivity index (χ0) is 22.7. The van der Waals surface area contributed by atoms with Crippen molar-refractivity contribution in [2.45, 2.75) is 26.5 Å². The predicted octanol–water partition coefficient (Wildman–Crippen LogP) is 4.10. The third-order valence-corrected chi connectivity index (χ3v) is 6.16. The summed E-state index contributed by atoms with van der Waals surface area (Å²) in [5.41, 5.74) is 2.66. The van der Waals surface area contributed by atoms with Gasteiger partial charge < -0.3 is 14.2 Å². The van der Waals surface area contributed by atoms with Crippen LogP contribution in [-0.4, -0.2) is 41.4 Å². The summed E-state index contributed by atoms with van der Waals surface area (Å²) in [5.74, 6) is 0.795. The molecule has 0 unspecified atom stereocenters. The number of aliphatic imine (C=N–C) groups is 1. The summed E-state index contributed by atoms with van der Waals surface area (Å²) >= 11 is 1.37. The van der Waals surface area contributed by atoms with Crippen LogP contribution in [0.2, 0.25) is 0 Å². The molecule has 166 valence electrons. The number of benzene rings is 2. The number of thioether (sulfide) groups is 1. The molecule has 8 heteroatoms. The molecule has 0 aromatic heterocycles. The van der Waals surface area contributed by atoms with E-state index >= 15 is 0 Å². The summed E-state index contributed by atoms with van der Waals surface area (Å²) in [6.07, 6.45) is 0. The second-order valence-electron chi connectivity index (χ2n) is 7.25. The number of esters is 1. The molecular formula is C24H24N2O5S. The summed E-state index contributed by atoms with van der Waals surface area (Å²) in [4.78, 5) is 31.6. The van der Waals surface area contributed by atoms with Crippen LogP contribution in [0.3, 0.4) is 0 Å². The SMILES string of the molecule is CCOC(=O)C1=C(C)N=C2SCC(=O)N2[C@@H]1c1ccc(OCc2ccccc2)c(OC)c1. The van der Waals surface area contributed by atoms with Crippen molar-refractivity contribution in [2.24, 2.45) is 4.99 Å². The number of rotatable bonds is 7. The molecule has 0 aliphatic carbocycles. The molecule has 0 radical (unpaired) electrons. The van der Waals surface area contributed by atoms with Crippen molar-refractivity contribution in [2.75, 3.05) is 19.5 Å². The van der Waals surface area contributed by atoms with Crippen molar-refractivity contribution in [3.63, 3.8) is 0 Å². The van der Waals surface area contributed by atoms with Crippen molar-refractivity contribution in [1.29, 1.82) is 0 Å². The third-order valence-electron chi connectivity index (χ3n) is 5.22. The third kappa shape index (κ3) is 4.23. The number of ether oxygens (including phenoxy) is 3. The molecule has 32 heavy (non-hydrogen) atoms. The van der Waals surface area contributed by atoms with Gasteiger partial charge in [-0.2, -0.15) is 0 Å². The Kier molecular flexibility index (Phi) is 6.50. The van der Waals surface area contributed by atoms with Gasteiger partial charge in [0.2, 0.25) is 5.91 Å². The number of hydrogen-bond donors (Lipinski definition) is 0. The van der Waals surface area contributed by atoms with Gasteiger partial charge in [0.05, 0.1) is 36.8 Å². The largest absolute Gasteiger partial charge is 0.493 e. The van der Waals surface area contributed by atoms with E-state index in [0.29, 0.717) is 34.5 Å². The van der Waals surface area contributed by atoms with E-state index in [1.165, 1.54) is 11.8 Å². The first-order valence-electron chi connectivity index (χ1n) is 10.3. The second kappa shape index (κ2) is 9.48. The van der Waals surface area contributed by atoms with Crippen LogP contribution in [0.5, 0.6) is 11.5 Å². The van der Waals surface area contributed by atoms with Crippen LogP contribution in [0.4, 0.5) is 0 Å². The summed E-state index contributed by atoms with van der Waals surface area (Å²) in [6.45, 7) is 4.14. The van der Waals surface area contributed by atoms with Gasteiger partial charge in [0.1, 0.15) is 6.61 Å². The van der Waals surface area contributed by atoms with Gasteiger partial charge in [-0.3, -0.25) is 9.69 Å². The van der Waals surface area contributed by atoms with Gasteiger partial charge in [0, 0.05) is 0 Å². The van der Waals surface area contributed by atoms with Crippen LogP contribution in [0.25, 0.3) is 0 Å². The predicted molar refractivity (Wildman–Crippen MR) is 123 cm³/mol. The Hall–Kier alpha value is -3.26. The highest BCUT2D eigenvalue weighted by Gasteiger charge is 2.43. The molecule has 1 atom stereocenters. The number of nitrogens with zero attached hydrogens (tertiary/aromatic N) is 2. The highest BCUT2D eigenvalue weighted by molar-refractivity contribution is 8.15. The molecule has 7 nitrogen and oxygen atoms in total. The fourth-order valence-electron chi connectivity index (χ4n) is 3.74. The average molecular weight is 453 g/mol. The van der Waals surface area contributed by atoms with E-state index in [1.54, 1.807) is 38.0 Å². The quantitative estimate of drug-likeness (QED) is 0.589. The minimum Gasteiger partial charge on any atom is -0.493 e. The van der Waals surface area contributed by atoms with Gasteiger partial charge in [-0.15, -0.1) is 0 Å². The maximum absolute atomic E-state index is 12.8. The molecule has 2 aromatic carbocycles. The van der Waals surface area contributed by atoms with E-state index in [9.17, 15) is 9.59 Å². The Morgan fingerprint density at radius 3 is 2.69 bits per heavy atom. The Bertz CT molecular complexity index is 1100. The fourth-order valence-corrected chi connectivity index (χ4v) is 4.68. The summed E-state index contributed by atoms with van der Waals surface area (Å²) in [5, 5.41) is 0.592. The number of amidine groups is 1. The van der Waals surface area contributed by atoms with Gasteiger partial charge in [0.25, 0.3) is 0 Å². The van der Waals surface area contributed by atoms with E-state index in [0.717, 1.165) is 11.1 Å². The molecule has 4 rings (SSSR count). The molecule has 2 aliphatic heterocycles. The molecule has 2 aliphatic rings. The normalized spacial score (nSPS) is 17.7. The molecule has 2 aromatic rings. The molecule has 1 fully saturated rings. The van der Waals surface area contributed by atoms with E-state index in [2.05, 4.69) is 4.99 Å². The first-order valence-corrected chi connectivity index (χ1v) is 11.3. The lowest BCUT2D eigenvalue weighted by molar-refractivity contribution is -0.139. The smallest absolute Gasteiger partial charge is 0.338 e. The molecule has 0 spiro atoms. The lowest BCUT2D eigenvalue weighted by atomic mass is 9.94. The Labute approximate surface area is 191 Å². The van der Waals surface area contributed by atoms with Crippen LogP contribution in [0, 0.1) is 0 Å². The molecule has 0 bridgehead atoms. The van der Waals surface area contributed by atoms with Crippen LogP contribution in [-0.2, 0) is 20.9 Å². The van der Waals surface area contributed by atoms with Crippen molar-refractivity contribution in [3.8, 4) is 11.5 Å². The van der Waals surface area contributed by atoms with E-state index in [-0.39, 0.29) is 18.3 Å². The van der Waals surface area contributed by atoms with Gasteiger partial charge >= 0.3 is 5.97 Å². The number of amides is 1. The lowest BCUT2D eigenvalue weighted by Crippen LogP contribution is -2.39. The van der Waals surface area contributed by atoms with E-state index < -0.39 is 12.0 Å². The Morgan fingerprint density at radius 1 is 1.19 bits per heavy atom. The summed E-state index contributed by atoms with van der Waals surface area (Å²) in [7, 11) is 1.56. The zero-order valence-electron chi connectivity index (χ0n) is 18.2. The average Bonchev–Trinajstić information content (AvgIpc) is 3.17. The topological polar surface area (TPSA) is 77.4 Å². The van der Waals surface area contributed by atoms with Crippen molar-refractivity contribution >= 4 is 28.8 Å². The minimum absolute atomic E-state index is 0.101. The minimum atomic E-state index is -0.638. The molecule has 0 saturated carbocycles. The number of fused-ring (bicyclic) bond motifs is 1. The summed E-state index contributed by atoms with van der Waals surface area (Å²) in [6, 6.07) is 14.6. The van der Waals surface area contributed by atoms with Crippen molar-refractivity contribution in [3.05, 3.63) is 70.9 Å². The van der Waals surface area contributed by atoms with Crippen LogP contribution in [0.15, 0.2) is 64.8 Å². The monoisotopic (exact) mass is 452 g/mol. The first-order chi connectivity index (χ1) is 15.5. The highest BCUT2D eigenvalue weighted by Crippen LogP contribution is 2.43. The molecule has 1 saturated heterocycles. The molecule has 0 N–H and O–H groups in total. The van der Waals surface area contributed by atoms with Crippen LogP contribution >= 0.6 is 11.8 Å². The molecule has 1 amide bonds. The van der Waals surface area contributed by atoms with E-state index in [1.807, 2.05) is 36.4 Å². The van der Waals surface area contributed by atoms with Crippen molar-refractivity contribution in [1.82, 2.24) is 4.90 Å². The standard InChI is InChI=1S/C24H24N2O5S/c1-4-30-23(28)21-15(2)25-24-26(20(27)14-32-24)22(21)17-10-11-18(19(12-17)29-3)31-13-16-8-6-5-7-9-16/h5-12,22H,4,13-14H2,1-3H3/t22-/m1/s1. The maximum Gasteiger partial charge on any atom is 0.338 e.